The Balaban J connectivity index is 3.14. The maximum absolute atomic E-state index is 12.3. The molecule has 0 heterocycles. The third kappa shape index (κ3) is 6.08. The van der Waals surface area contributed by atoms with Crippen LogP contribution in [0.1, 0.15) is 19.4 Å². The van der Waals surface area contributed by atoms with Gasteiger partial charge in [-0.25, -0.2) is 9.59 Å². The minimum Gasteiger partial charge on any atom is -0.450 e. The average molecular weight is 337 g/mol. The van der Waals surface area contributed by atoms with Crippen LogP contribution in [0, 0.1) is 6.92 Å². The Hall–Kier alpha value is -2.28. The smallest absolute Gasteiger partial charge is 0.414 e. The van der Waals surface area contributed by atoms with Gasteiger partial charge >= 0.3 is 12.2 Å². The molecule has 7 heteroatoms. The van der Waals surface area contributed by atoms with Crippen LogP contribution in [0.25, 0.3) is 0 Å². The third-order valence-corrected chi connectivity index (χ3v) is 3.21. The maximum atomic E-state index is 12.3. The molecule has 0 unspecified atom stereocenters. The first kappa shape index (κ1) is 19.8. The first-order chi connectivity index (χ1) is 11.4. The number of benzene rings is 1. The molecule has 24 heavy (non-hydrogen) atoms. The lowest BCUT2D eigenvalue weighted by Crippen LogP contribution is -2.37. The van der Waals surface area contributed by atoms with Crippen LogP contribution in [0.3, 0.4) is 0 Å². The molecule has 0 aliphatic rings. The Morgan fingerprint density at radius 2 is 1.75 bits per heavy atom. The van der Waals surface area contributed by atoms with Crippen LogP contribution in [0.5, 0.6) is 0 Å². The minimum absolute atomic E-state index is 0.273. The SMILES string of the molecule is CCOC(=O)Nc1cc(C)ccc1N(CCN(C)C)C(=O)OCC. The Labute approximate surface area is 143 Å². The molecule has 1 aromatic rings. The number of carbonyl (C=O) groups excluding carboxylic acids is 2. The molecule has 0 saturated carbocycles. The number of anilines is 2. The molecule has 0 fully saturated rings. The largest absolute Gasteiger partial charge is 0.450 e. The molecule has 0 aromatic heterocycles. The lowest BCUT2D eigenvalue weighted by atomic mass is 10.1. The highest BCUT2D eigenvalue weighted by Gasteiger charge is 2.21. The molecule has 0 aliphatic carbocycles. The topological polar surface area (TPSA) is 71.1 Å². The van der Waals surface area contributed by atoms with Gasteiger partial charge in [-0.1, -0.05) is 6.07 Å². The standard InChI is InChI=1S/C17H27N3O4/c1-6-23-16(21)18-14-12-13(3)8-9-15(14)20(11-10-19(4)5)17(22)24-7-2/h8-9,12H,6-7,10-11H2,1-5H3,(H,18,21). The van der Waals surface area contributed by atoms with Gasteiger partial charge in [-0.3, -0.25) is 10.2 Å². The first-order valence-electron chi connectivity index (χ1n) is 8.02. The van der Waals surface area contributed by atoms with E-state index in [0.717, 1.165) is 5.56 Å². The molecule has 2 amide bonds. The number of likely N-dealkylation sites (N-methyl/N-ethyl adjacent to an activating group) is 1. The molecule has 1 N–H and O–H groups in total. The number of amides is 2. The van der Waals surface area contributed by atoms with E-state index in [1.165, 1.54) is 4.90 Å². The number of rotatable bonds is 7. The molecular formula is C17H27N3O4. The lowest BCUT2D eigenvalue weighted by Gasteiger charge is -2.26. The van der Waals surface area contributed by atoms with E-state index in [4.69, 9.17) is 9.47 Å². The van der Waals surface area contributed by atoms with Gasteiger partial charge in [-0.15, -0.1) is 0 Å². The van der Waals surface area contributed by atoms with E-state index >= 15 is 0 Å². The van der Waals surface area contributed by atoms with Gasteiger partial charge in [0.15, 0.2) is 0 Å². The summed E-state index contributed by atoms with van der Waals surface area (Å²) in [5.74, 6) is 0. The Morgan fingerprint density at radius 1 is 1.08 bits per heavy atom. The van der Waals surface area contributed by atoms with Crippen LogP contribution in [-0.2, 0) is 9.47 Å². The van der Waals surface area contributed by atoms with Gasteiger partial charge in [0, 0.05) is 13.1 Å². The second-order valence-corrected chi connectivity index (χ2v) is 5.52. The summed E-state index contributed by atoms with van der Waals surface area (Å²) in [6.45, 7) is 7.05. The Morgan fingerprint density at radius 3 is 2.33 bits per heavy atom. The van der Waals surface area contributed by atoms with Crippen molar-refractivity contribution in [2.24, 2.45) is 0 Å². The summed E-state index contributed by atoms with van der Waals surface area (Å²) >= 11 is 0. The van der Waals surface area contributed by atoms with Crippen molar-refractivity contribution in [2.45, 2.75) is 20.8 Å². The van der Waals surface area contributed by atoms with Crippen LogP contribution < -0.4 is 10.2 Å². The van der Waals surface area contributed by atoms with Crippen LogP contribution in [0.4, 0.5) is 21.0 Å². The maximum Gasteiger partial charge on any atom is 0.414 e. The number of nitrogens with zero attached hydrogens (tertiary/aromatic N) is 2. The van der Waals surface area contributed by atoms with Crippen molar-refractivity contribution >= 4 is 23.6 Å². The fourth-order valence-corrected chi connectivity index (χ4v) is 2.07. The normalized spacial score (nSPS) is 10.4. The van der Waals surface area contributed by atoms with Crippen molar-refractivity contribution in [3.05, 3.63) is 23.8 Å². The molecule has 0 radical (unpaired) electrons. The van der Waals surface area contributed by atoms with Crippen molar-refractivity contribution in [3.63, 3.8) is 0 Å². The molecule has 0 bridgehead atoms. The van der Waals surface area contributed by atoms with E-state index in [1.54, 1.807) is 26.0 Å². The summed E-state index contributed by atoms with van der Waals surface area (Å²) in [6.07, 6.45) is -1.00. The van der Waals surface area contributed by atoms with Gasteiger partial charge < -0.3 is 14.4 Å². The van der Waals surface area contributed by atoms with Crippen molar-refractivity contribution in [1.29, 1.82) is 0 Å². The van der Waals surface area contributed by atoms with Crippen LogP contribution >= 0.6 is 0 Å². The number of ether oxygens (including phenoxy) is 2. The number of carbonyl (C=O) groups is 2. The zero-order chi connectivity index (χ0) is 18.1. The molecular weight excluding hydrogens is 310 g/mol. The van der Waals surface area contributed by atoms with Crippen molar-refractivity contribution < 1.29 is 19.1 Å². The van der Waals surface area contributed by atoms with E-state index in [1.807, 2.05) is 32.0 Å². The fourth-order valence-electron chi connectivity index (χ4n) is 2.07. The molecule has 1 rings (SSSR count). The van der Waals surface area contributed by atoms with Crippen LogP contribution in [-0.4, -0.2) is 57.5 Å². The zero-order valence-corrected chi connectivity index (χ0v) is 15.1. The minimum atomic E-state index is -0.555. The quantitative estimate of drug-likeness (QED) is 0.828. The van der Waals surface area contributed by atoms with E-state index in [-0.39, 0.29) is 13.2 Å². The highest BCUT2D eigenvalue weighted by molar-refractivity contribution is 5.97. The summed E-state index contributed by atoms with van der Waals surface area (Å²) in [5.41, 5.74) is 2.05. The number of aryl methyl sites for hydroxylation is 1. The average Bonchev–Trinajstić information content (AvgIpc) is 2.49. The molecule has 0 aliphatic heterocycles. The van der Waals surface area contributed by atoms with E-state index in [0.29, 0.717) is 24.5 Å². The van der Waals surface area contributed by atoms with Gasteiger partial charge in [0.25, 0.3) is 0 Å². The summed E-state index contributed by atoms with van der Waals surface area (Å²) in [7, 11) is 3.85. The monoisotopic (exact) mass is 337 g/mol. The molecule has 0 saturated heterocycles. The van der Waals surface area contributed by atoms with Gasteiger partial charge in [0.05, 0.1) is 24.6 Å². The highest BCUT2D eigenvalue weighted by Crippen LogP contribution is 2.28. The predicted molar refractivity (Wildman–Crippen MR) is 94.7 cm³/mol. The third-order valence-electron chi connectivity index (χ3n) is 3.21. The Kier molecular flexibility index (Phi) is 8.05. The van der Waals surface area contributed by atoms with Gasteiger partial charge in [-0.05, 0) is 52.6 Å². The predicted octanol–water partition coefficient (Wildman–Crippen LogP) is 3.09. The van der Waals surface area contributed by atoms with Crippen molar-refractivity contribution in [2.75, 3.05) is 50.6 Å². The molecule has 134 valence electrons. The summed E-state index contributed by atoms with van der Waals surface area (Å²) < 4.78 is 10.1. The number of nitrogens with one attached hydrogen (secondary N) is 1. The number of hydrogen-bond acceptors (Lipinski definition) is 5. The van der Waals surface area contributed by atoms with Crippen molar-refractivity contribution in [1.82, 2.24) is 4.90 Å². The zero-order valence-electron chi connectivity index (χ0n) is 15.1. The van der Waals surface area contributed by atoms with Gasteiger partial charge in [0.2, 0.25) is 0 Å². The lowest BCUT2D eigenvalue weighted by molar-refractivity contribution is 0.159. The summed E-state index contributed by atoms with van der Waals surface area (Å²) in [6, 6.07) is 5.48. The Bertz CT molecular complexity index is 561. The number of hydrogen-bond donors (Lipinski definition) is 1. The van der Waals surface area contributed by atoms with Gasteiger partial charge in [-0.2, -0.15) is 0 Å². The molecule has 1 aromatic carbocycles. The second kappa shape index (κ2) is 9.77. The van der Waals surface area contributed by atoms with Gasteiger partial charge in [0.1, 0.15) is 0 Å². The fraction of sp³-hybridized carbons (Fsp3) is 0.529. The molecule has 7 nitrogen and oxygen atoms in total. The van der Waals surface area contributed by atoms with Crippen molar-refractivity contribution in [3.8, 4) is 0 Å². The van der Waals surface area contributed by atoms with E-state index < -0.39 is 12.2 Å². The van der Waals surface area contributed by atoms with E-state index in [2.05, 4.69) is 5.32 Å². The molecule has 0 spiro atoms. The first-order valence-corrected chi connectivity index (χ1v) is 8.02. The second-order valence-electron chi connectivity index (χ2n) is 5.52. The molecule has 0 atom stereocenters. The van der Waals surface area contributed by atoms with Crippen LogP contribution in [0.2, 0.25) is 0 Å². The summed E-state index contributed by atoms with van der Waals surface area (Å²) in [5, 5.41) is 2.69. The van der Waals surface area contributed by atoms with Crippen LogP contribution in [0.15, 0.2) is 18.2 Å². The van der Waals surface area contributed by atoms with E-state index in [9.17, 15) is 9.59 Å². The summed E-state index contributed by atoms with van der Waals surface area (Å²) in [4.78, 5) is 27.6. The highest BCUT2D eigenvalue weighted by atomic mass is 16.6.